The van der Waals surface area contributed by atoms with Crippen LogP contribution in [-0.4, -0.2) is 15.1 Å². The molecular formula is C10H10N2OS. The maximum atomic E-state index is 9.77. The highest BCUT2D eigenvalue weighted by molar-refractivity contribution is 7.07. The molecule has 2 rings (SSSR count). The van der Waals surface area contributed by atoms with Crippen LogP contribution in [0.1, 0.15) is 17.5 Å². The van der Waals surface area contributed by atoms with Crippen LogP contribution in [0.4, 0.5) is 0 Å². The first-order chi connectivity index (χ1) is 6.86. The third-order valence-corrected chi connectivity index (χ3v) is 2.62. The molecule has 0 spiro atoms. The summed E-state index contributed by atoms with van der Waals surface area (Å²) in [6.45, 7) is 0. The van der Waals surface area contributed by atoms with E-state index in [-0.39, 0.29) is 0 Å². The van der Waals surface area contributed by atoms with Crippen LogP contribution in [0.15, 0.2) is 35.3 Å². The van der Waals surface area contributed by atoms with Gasteiger partial charge in [-0.2, -0.15) is 11.3 Å². The summed E-state index contributed by atoms with van der Waals surface area (Å²) < 4.78 is 0. The van der Waals surface area contributed by atoms with Crippen LogP contribution in [-0.2, 0) is 6.42 Å². The predicted octanol–water partition coefficient (Wildman–Crippen LogP) is 1.81. The van der Waals surface area contributed by atoms with E-state index in [9.17, 15) is 5.11 Å². The smallest absolute Gasteiger partial charge is 0.157 e. The number of aliphatic hydroxyl groups excluding tert-OH is 1. The first-order valence-corrected chi connectivity index (χ1v) is 5.26. The van der Waals surface area contributed by atoms with E-state index in [2.05, 4.69) is 9.97 Å². The lowest BCUT2D eigenvalue weighted by Gasteiger charge is -2.06. The zero-order valence-electron chi connectivity index (χ0n) is 7.50. The molecule has 72 valence electrons. The SMILES string of the molecule is OC(Cc1ccsc1)c1ncccn1. The van der Waals surface area contributed by atoms with Crippen molar-refractivity contribution in [1.82, 2.24) is 9.97 Å². The van der Waals surface area contributed by atoms with Gasteiger partial charge in [0, 0.05) is 18.8 Å². The highest BCUT2D eigenvalue weighted by Crippen LogP contribution is 2.16. The normalized spacial score (nSPS) is 12.6. The molecular weight excluding hydrogens is 196 g/mol. The second-order valence-corrected chi connectivity index (χ2v) is 3.74. The molecule has 3 nitrogen and oxygen atoms in total. The van der Waals surface area contributed by atoms with Gasteiger partial charge in [0.15, 0.2) is 5.82 Å². The Morgan fingerprint density at radius 1 is 1.36 bits per heavy atom. The van der Waals surface area contributed by atoms with Gasteiger partial charge in [0.05, 0.1) is 0 Å². The fourth-order valence-corrected chi connectivity index (χ4v) is 1.89. The Labute approximate surface area is 86.1 Å². The quantitative estimate of drug-likeness (QED) is 0.833. The molecule has 0 aromatic carbocycles. The molecule has 2 heterocycles. The van der Waals surface area contributed by atoms with Gasteiger partial charge in [-0.05, 0) is 28.5 Å². The Morgan fingerprint density at radius 3 is 2.79 bits per heavy atom. The van der Waals surface area contributed by atoms with Crippen LogP contribution in [0, 0.1) is 0 Å². The van der Waals surface area contributed by atoms with Crippen molar-refractivity contribution < 1.29 is 5.11 Å². The van der Waals surface area contributed by atoms with Gasteiger partial charge >= 0.3 is 0 Å². The van der Waals surface area contributed by atoms with Gasteiger partial charge < -0.3 is 5.11 Å². The molecule has 0 bridgehead atoms. The molecule has 1 atom stereocenters. The third-order valence-electron chi connectivity index (χ3n) is 1.89. The maximum absolute atomic E-state index is 9.77. The van der Waals surface area contributed by atoms with Crippen molar-refractivity contribution in [1.29, 1.82) is 0 Å². The van der Waals surface area contributed by atoms with Gasteiger partial charge in [0.1, 0.15) is 6.10 Å². The van der Waals surface area contributed by atoms with Crippen LogP contribution in [0.3, 0.4) is 0 Å². The Hall–Kier alpha value is -1.26. The molecule has 0 amide bonds. The van der Waals surface area contributed by atoms with Crippen molar-refractivity contribution in [2.24, 2.45) is 0 Å². The molecule has 4 heteroatoms. The van der Waals surface area contributed by atoms with Crippen LogP contribution >= 0.6 is 11.3 Å². The molecule has 0 aliphatic rings. The zero-order chi connectivity index (χ0) is 9.80. The summed E-state index contributed by atoms with van der Waals surface area (Å²) in [5.74, 6) is 0.485. The summed E-state index contributed by atoms with van der Waals surface area (Å²) in [6, 6.07) is 3.73. The largest absolute Gasteiger partial charge is 0.385 e. The highest BCUT2D eigenvalue weighted by atomic mass is 32.1. The number of thiophene rings is 1. The Bertz CT molecular complexity index is 374. The monoisotopic (exact) mass is 206 g/mol. The minimum atomic E-state index is -0.606. The van der Waals surface area contributed by atoms with Crippen molar-refractivity contribution in [3.63, 3.8) is 0 Å². The molecule has 1 unspecified atom stereocenters. The summed E-state index contributed by atoms with van der Waals surface area (Å²) in [7, 11) is 0. The first kappa shape index (κ1) is 9.30. The second kappa shape index (κ2) is 4.30. The van der Waals surface area contributed by atoms with E-state index in [1.165, 1.54) is 0 Å². The minimum absolute atomic E-state index is 0.485. The van der Waals surface area contributed by atoms with Crippen molar-refractivity contribution in [3.8, 4) is 0 Å². The lowest BCUT2D eigenvalue weighted by molar-refractivity contribution is 0.168. The molecule has 2 aromatic rings. The fraction of sp³-hybridized carbons (Fsp3) is 0.200. The number of rotatable bonds is 3. The van der Waals surface area contributed by atoms with Gasteiger partial charge in [0.2, 0.25) is 0 Å². The Balaban J connectivity index is 2.07. The lowest BCUT2D eigenvalue weighted by Crippen LogP contribution is -2.05. The minimum Gasteiger partial charge on any atom is -0.385 e. The van der Waals surface area contributed by atoms with Gasteiger partial charge in [-0.25, -0.2) is 9.97 Å². The van der Waals surface area contributed by atoms with E-state index in [0.29, 0.717) is 12.2 Å². The molecule has 0 saturated carbocycles. The molecule has 0 fully saturated rings. The Kier molecular flexibility index (Phi) is 2.86. The molecule has 0 aliphatic carbocycles. The number of hydrogen-bond donors (Lipinski definition) is 1. The van der Waals surface area contributed by atoms with Crippen LogP contribution < -0.4 is 0 Å². The van der Waals surface area contributed by atoms with Gasteiger partial charge in [0.25, 0.3) is 0 Å². The summed E-state index contributed by atoms with van der Waals surface area (Å²) in [5.41, 5.74) is 1.12. The topological polar surface area (TPSA) is 46.0 Å². The van der Waals surface area contributed by atoms with E-state index in [1.54, 1.807) is 29.8 Å². The molecule has 1 N–H and O–H groups in total. The standard InChI is InChI=1S/C10H10N2OS/c13-9(6-8-2-5-14-7-8)10-11-3-1-4-12-10/h1-5,7,9,13H,6H2. The summed E-state index contributed by atoms with van der Waals surface area (Å²) >= 11 is 1.62. The second-order valence-electron chi connectivity index (χ2n) is 2.96. The van der Waals surface area contributed by atoms with E-state index in [0.717, 1.165) is 5.56 Å². The average molecular weight is 206 g/mol. The van der Waals surface area contributed by atoms with Crippen LogP contribution in [0.2, 0.25) is 0 Å². The number of aliphatic hydroxyl groups is 1. The maximum Gasteiger partial charge on any atom is 0.157 e. The van der Waals surface area contributed by atoms with Crippen molar-refractivity contribution in [2.45, 2.75) is 12.5 Å². The van der Waals surface area contributed by atoms with Crippen LogP contribution in [0.25, 0.3) is 0 Å². The molecule has 0 aliphatic heterocycles. The molecule has 0 radical (unpaired) electrons. The zero-order valence-corrected chi connectivity index (χ0v) is 8.31. The molecule has 2 aromatic heterocycles. The van der Waals surface area contributed by atoms with Gasteiger partial charge in [-0.15, -0.1) is 0 Å². The van der Waals surface area contributed by atoms with E-state index < -0.39 is 6.10 Å². The molecule has 14 heavy (non-hydrogen) atoms. The third kappa shape index (κ3) is 2.16. The number of nitrogens with zero attached hydrogens (tertiary/aromatic N) is 2. The predicted molar refractivity (Wildman–Crippen MR) is 55.0 cm³/mol. The van der Waals surface area contributed by atoms with Crippen molar-refractivity contribution >= 4 is 11.3 Å². The van der Waals surface area contributed by atoms with E-state index in [1.807, 2.05) is 16.8 Å². The number of hydrogen-bond acceptors (Lipinski definition) is 4. The summed E-state index contributed by atoms with van der Waals surface area (Å²) in [5, 5.41) is 13.8. The number of aromatic nitrogens is 2. The van der Waals surface area contributed by atoms with Crippen LogP contribution in [0.5, 0.6) is 0 Å². The fourth-order valence-electron chi connectivity index (χ4n) is 1.21. The van der Waals surface area contributed by atoms with Gasteiger partial charge in [-0.3, -0.25) is 0 Å². The summed E-state index contributed by atoms with van der Waals surface area (Å²) in [4.78, 5) is 8.00. The molecule has 0 saturated heterocycles. The van der Waals surface area contributed by atoms with Crippen molar-refractivity contribution in [2.75, 3.05) is 0 Å². The Morgan fingerprint density at radius 2 is 2.14 bits per heavy atom. The average Bonchev–Trinajstić information content (AvgIpc) is 2.72. The van der Waals surface area contributed by atoms with Crippen molar-refractivity contribution in [3.05, 3.63) is 46.7 Å². The van der Waals surface area contributed by atoms with E-state index >= 15 is 0 Å². The first-order valence-electron chi connectivity index (χ1n) is 4.32. The lowest BCUT2D eigenvalue weighted by atomic mass is 10.1. The van der Waals surface area contributed by atoms with E-state index in [4.69, 9.17) is 0 Å². The van der Waals surface area contributed by atoms with Gasteiger partial charge in [-0.1, -0.05) is 0 Å². The summed E-state index contributed by atoms with van der Waals surface area (Å²) in [6.07, 6.45) is 3.25. The highest BCUT2D eigenvalue weighted by Gasteiger charge is 2.10.